The summed E-state index contributed by atoms with van der Waals surface area (Å²) < 4.78 is 4.89. The SMILES string of the molecule is COCCN(CC(=O)O)C(=O)CCCc1ccccc1. The van der Waals surface area contributed by atoms with Crippen molar-refractivity contribution in [2.75, 3.05) is 26.8 Å². The molecule has 20 heavy (non-hydrogen) atoms. The Labute approximate surface area is 119 Å². The van der Waals surface area contributed by atoms with Crippen LogP contribution in [0.4, 0.5) is 0 Å². The van der Waals surface area contributed by atoms with E-state index in [0.29, 0.717) is 26.0 Å². The molecule has 5 nitrogen and oxygen atoms in total. The molecule has 1 aromatic carbocycles. The van der Waals surface area contributed by atoms with Gasteiger partial charge in [0.1, 0.15) is 6.54 Å². The molecule has 1 rings (SSSR count). The Hall–Kier alpha value is -1.88. The number of nitrogens with zero attached hydrogens (tertiary/aromatic N) is 1. The quantitative estimate of drug-likeness (QED) is 0.745. The molecule has 1 amide bonds. The van der Waals surface area contributed by atoms with E-state index in [9.17, 15) is 9.59 Å². The summed E-state index contributed by atoms with van der Waals surface area (Å²) in [5.74, 6) is -1.14. The molecule has 0 atom stereocenters. The van der Waals surface area contributed by atoms with Gasteiger partial charge < -0.3 is 14.7 Å². The average molecular weight is 279 g/mol. The summed E-state index contributed by atoms with van der Waals surface area (Å²) in [4.78, 5) is 24.0. The van der Waals surface area contributed by atoms with Gasteiger partial charge in [0.2, 0.25) is 5.91 Å². The zero-order chi connectivity index (χ0) is 14.8. The van der Waals surface area contributed by atoms with E-state index >= 15 is 0 Å². The summed E-state index contributed by atoms with van der Waals surface area (Å²) in [5, 5.41) is 8.80. The maximum absolute atomic E-state index is 12.0. The number of aryl methyl sites for hydroxylation is 1. The summed E-state index contributed by atoms with van der Waals surface area (Å²) in [6, 6.07) is 9.92. The number of benzene rings is 1. The first-order valence-corrected chi connectivity index (χ1v) is 6.66. The first kappa shape index (κ1) is 16.2. The summed E-state index contributed by atoms with van der Waals surface area (Å²) in [7, 11) is 1.53. The maximum Gasteiger partial charge on any atom is 0.323 e. The predicted molar refractivity (Wildman–Crippen MR) is 75.5 cm³/mol. The Balaban J connectivity index is 2.38. The molecule has 0 aromatic heterocycles. The lowest BCUT2D eigenvalue weighted by atomic mass is 10.1. The number of aliphatic carboxylic acids is 1. The molecule has 0 bridgehead atoms. The van der Waals surface area contributed by atoms with Gasteiger partial charge in [-0.15, -0.1) is 0 Å². The monoisotopic (exact) mass is 279 g/mol. The van der Waals surface area contributed by atoms with Crippen LogP contribution in [0.5, 0.6) is 0 Å². The molecule has 0 heterocycles. The van der Waals surface area contributed by atoms with Gasteiger partial charge in [0.05, 0.1) is 6.61 Å². The van der Waals surface area contributed by atoms with Crippen molar-refractivity contribution >= 4 is 11.9 Å². The minimum absolute atomic E-state index is 0.139. The van der Waals surface area contributed by atoms with Crippen molar-refractivity contribution in [2.24, 2.45) is 0 Å². The molecule has 0 saturated heterocycles. The first-order chi connectivity index (χ1) is 9.63. The molecule has 1 N–H and O–H groups in total. The largest absolute Gasteiger partial charge is 0.480 e. The fourth-order valence-corrected chi connectivity index (χ4v) is 1.90. The molecular formula is C15H21NO4. The number of carboxylic acid groups (broad SMARTS) is 1. The van der Waals surface area contributed by atoms with E-state index in [-0.39, 0.29) is 12.5 Å². The van der Waals surface area contributed by atoms with E-state index < -0.39 is 5.97 Å². The van der Waals surface area contributed by atoms with Crippen LogP contribution < -0.4 is 0 Å². The van der Waals surface area contributed by atoms with Crippen LogP contribution in [-0.2, 0) is 20.7 Å². The van der Waals surface area contributed by atoms with Gasteiger partial charge in [0.15, 0.2) is 0 Å². The van der Waals surface area contributed by atoms with Crippen LogP contribution in [-0.4, -0.2) is 48.7 Å². The number of carboxylic acids is 1. The van der Waals surface area contributed by atoms with E-state index in [0.717, 1.165) is 6.42 Å². The summed E-state index contributed by atoms with van der Waals surface area (Å²) in [6.45, 7) is 0.387. The second-order valence-electron chi connectivity index (χ2n) is 4.54. The van der Waals surface area contributed by atoms with Gasteiger partial charge in [-0.25, -0.2) is 0 Å². The van der Waals surface area contributed by atoms with Crippen molar-refractivity contribution < 1.29 is 19.4 Å². The zero-order valence-corrected chi connectivity index (χ0v) is 11.7. The Morgan fingerprint density at radius 1 is 1.25 bits per heavy atom. The second-order valence-corrected chi connectivity index (χ2v) is 4.54. The van der Waals surface area contributed by atoms with Crippen LogP contribution in [0.2, 0.25) is 0 Å². The highest BCUT2D eigenvalue weighted by atomic mass is 16.5. The third kappa shape index (κ3) is 6.33. The average Bonchev–Trinajstić information content (AvgIpc) is 2.44. The summed E-state index contributed by atoms with van der Waals surface area (Å²) in [6.07, 6.45) is 1.88. The topological polar surface area (TPSA) is 66.8 Å². The van der Waals surface area contributed by atoms with Gasteiger partial charge in [-0.2, -0.15) is 0 Å². The van der Waals surface area contributed by atoms with Crippen molar-refractivity contribution in [1.82, 2.24) is 4.90 Å². The van der Waals surface area contributed by atoms with E-state index in [2.05, 4.69) is 0 Å². The van der Waals surface area contributed by atoms with E-state index in [1.54, 1.807) is 0 Å². The normalized spacial score (nSPS) is 10.2. The molecule has 0 saturated carbocycles. The number of ether oxygens (including phenoxy) is 1. The molecule has 0 aliphatic rings. The van der Waals surface area contributed by atoms with Crippen molar-refractivity contribution in [1.29, 1.82) is 0 Å². The lowest BCUT2D eigenvalue weighted by Crippen LogP contribution is -2.37. The minimum Gasteiger partial charge on any atom is -0.480 e. The van der Waals surface area contributed by atoms with Crippen LogP contribution in [0, 0.1) is 0 Å². The van der Waals surface area contributed by atoms with Crippen LogP contribution in [0.25, 0.3) is 0 Å². The summed E-state index contributed by atoms with van der Waals surface area (Å²) in [5.41, 5.74) is 1.18. The lowest BCUT2D eigenvalue weighted by molar-refractivity contribution is -0.144. The van der Waals surface area contributed by atoms with Crippen LogP contribution in [0.3, 0.4) is 0 Å². The van der Waals surface area contributed by atoms with Gasteiger partial charge in [-0.1, -0.05) is 30.3 Å². The maximum atomic E-state index is 12.0. The van der Waals surface area contributed by atoms with Crippen molar-refractivity contribution in [3.8, 4) is 0 Å². The smallest absolute Gasteiger partial charge is 0.323 e. The molecule has 5 heteroatoms. The molecule has 0 fully saturated rings. The highest BCUT2D eigenvalue weighted by Gasteiger charge is 2.15. The zero-order valence-electron chi connectivity index (χ0n) is 11.7. The minimum atomic E-state index is -1.00. The van der Waals surface area contributed by atoms with Crippen molar-refractivity contribution in [3.63, 3.8) is 0 Å². The Kier molecular flexibility index (Phi) is 7.35. The lowest BCUT2D eigenvalue weighted by Gasteiger charge is -2.20. The van der Waals surface area contributed by atoms with Gasteiger partial charge in [-0.3, -0.25) is 9.59 Å². The van der Waals surface area contributed by atoms with Crippen molar-refractivity contribution in [3.05, 3.63) is 35.9 Å². The number of methoxy groups -OCH3 is 1. The summed E-state index contributed by atoms with van der Waals surface area (Å²) >= 11 is 0. The van der Waals surface area contributed by atoms with Gasteiger partial charge in [0, 0.05) is 20.1 Å². The van der Waals surface area contributed by atoms with Crippen LogP contribution >= 0.6 is 0 Å². The van der Waals surface area contributed by atoms with Crippen LogP contribution in [0.1, 0.15) is 18.4 Å². The Morgan fingerprint density at radius 2 is 1.95 bits per heavy atom. The molecule has 0 aliphatic heterocycles. The number of carbonyl (C=O) groups is 2. The molecule has 0 spiro atoms. The molecule has 0 aliphatic carbocycles. The van der Waals surface area contributed by atoms with Gasteiger partial charge in [-0.05, 0) is 18.4 Å². The third-order valence-electron chi connectivity index (χ3n) is 2.94. The van der Waals surface area contributed by atoms with E-state index in [1.807, 2.05) is 30.3 Å². The highest BCUT2D eigenvalue weighted by Crippen LogP contribution is 2.06. The van der Waals surface area contributed by atoms with E-state index in [1.165, 1.54) is 17.6 Å². The highest BCUT2D eigenvalue weighted by molar-refractivity contribution is 5.81. The number of carbonyl (C=O) groups excluding carboxylic acids is 1. The second kappa shape index (κ2) is 9.09. The Bertz CT molecular complexity index is 419. The fourth-order valence-electron chi connectivity index (χ4n) is 1.90. The number of rotatable bonds is 9. The predicted octanol–water partition coefficient (Wildman–Crippen LogP) is 1.57. The standard InChI is InChI=1S/C15H21NO4/c1-20-11-10-16(12-15(18)19)14(17)9-5-8-13-6-3-2-4-7-13/h2-4,6-7H,5,8-12H2,1H3,(H,18,19). The van der Waals surface area contributed by atoms with Gasteiger partial charge in [0.25, 0.3) is 0 Å². The molecule has 0 unspecified atom stereocenters. The molecule has 0 radical (unpaired) electrons. The number of hydrogen-bond acceptors (Lipinski definition) is 3. The van der Waals surface area contributed by atoms with Crippen LogP contribution in [0.15, 0.2) is 30.3 Å². The first-order valence-electron chi connectivity index (χ1n) is 6.66. The third-order valence-corrected chi connectivity index (χ3v) is 2.94. The van der Waals surface area contributed by atoms with Crippen molar-refractivity contribution in [2.45, 2.75) is 19.3 Å². The number of amides is 1. The van der Waals surface area contributed by atoms with E-state index in [4.69, 9.17) is 9.84 Å². The molecule has 1 aromatic rings. The number of hydrogen-bond donors (Lipinski definition) is 1. The molecule has 110 valence electrons. The fraction of sp³-hybridized carbons (Fsp3) is 0.467. The Morgan fingerprint density at radius 3 is 2.55 bits per heavy atom. The van der Waals surface area contributed by atoms with Gasteiger partial charge >= 0.3 is 5.97 Å². The molecular weight excluding hydrogens is 258 g/mol.